The Morgan fingerprint density at radius 3 is 2.59 bits per heavy atom. The van der Waals surface area contributed by atoms with Crippen LogP contribution in [0, 0.1) is 0 Å². The Bertz CT molecular complexity index is 400. The van der Waals surface area contributed by atoms with Gasteiger partial charge in [0.25, 0.3) is 0 Å². The van der Waals surface area contributed by atoms with E-state index < -0.39 is 0 Å². The molecule has 3 atom stereocenters. The number of alkyl halides is 1. The van der Waals surface area contributed by atoms with Crippen LogP contribution in [0.2, 0.25) is 0 Å². The van der Waals surface area contributed by atoms with Crippen molar-refractivity contribution in [3.8, 4) is 5.75 Å². The van der Waals surface area contributed by atoms with E-state index in [2.05, 4.69) is 29.5 Å². The maximum Gasteiger partial charge on any atom is 0.306 e. The Hall–Kier alpha value is -0.780. The maximum atomic E-state index is 11.4. The number of carbonyl (C=O) groups excluding carboxylic acids is 1. The number of ether oxygens (including phenoxy) is 2. The van der Waals surface area contributed by atoms with Crippen molar-refractivity contribution in [3.05, 3.63) is 29.8 Å². The van der Waals surface area contributed by atoms with Crippen molar-refractivity contribution in [2.45, 2.75) is 29.3 Å². The Kier molecular flexibility index (Phi) is 3.91. The van der Waals surface area contributed by atoms with E-state index in [0.29, 0.717) is 10.3 Å². The first-order chi connectivity index (χ1) is 8.11. The molecule has 17 heavy (non-hydrogen) atoms. The first kappa shape index (κ1) is 12.7. The van der Waals surface area contributed by atoms with E-state index in [-0.39, 0.29) is 18.0 Å². The van der Waals surface area contributed by atoms with Crippen molar-refractivity contribution in [3.63, 3.8) is 0 Å². The molecule has 4 heteroatoms. The summed E-state index contributed by atoms with van der Waals surface area (Å²) in [5, 5.41) is 0. The number of esters is 1. The molecule has 0 bridgehead atoms. The average molecular weight is 346 g/mol. The predicted molar refractivity (Wildman–Crippen MR) is 73.7 cm³/mol. The maximum absolute atomic E-state index is 11.4. The van der Waals surface area contributed by atoms with E-state index in [1.807, 2.05) is 24.3 Å². The van der Waals surface area contributed by atoms with Crippen molar-refractivity contribution < 1.29 is 14.3 Å². The molecule has 1 fully saturated rings. The summed E-state index contributed by atoms with van der Waals surface area (Å²) in [5.74, 6) is 0.901. The lowest BCUT2D eigenvalue weighted by Gasteiger charge is -2.20. The molecule has 0 saturated carbocycles. The highest BCUT2D eigenvalue weighted by Gasteiger charge is 2.38. The van der Waals surface area contributed by atoms with E-state index in [1.165, 1.54) is 0 Å². The first-order valence-corrected chi connectivity index (χ1v) is 6.84. The molecule has 0 aliphatic carbocycles. The van der Waals surface area contributed by atoms with Gasteiger partial charge in [-0.1, -0.05) is 34.7 Å². The monoisotopic (exact) mass is 346 g/mol. The topological polar surface area (TPSA) is 35.5 Å². The molecule has 0 radical (unpaired) electrons. The molecule has 92 valence electrons. The van der Waals surface area contributed by atoms with Crippen molar-refractivity contribution in [2.75, 3.05) is 7.11 Å². The molecular formula is C13H15IO3. The SMILES string of the molecule is COc1ccc([C@@H]2CC(=O)O[C@H]2C(C)I)cc1. The standard InChI is InChI=1S/C13H15IO3/c1-8(14)13-11(7-12(15)17-13)9-3-5-10(16-2)6-4-9/h3-6,8,11,13H,7H2,1-2H3/t8?,11-,13-/m0/s1. The summed E-state index contributed by atoms with van der Waals surface area (Å²) in [6.45, 7) is 2.07. The fourth-order valence-corrected chi connectivity index (χ4v) is 2.80. The Morgan fingerprint density at radius 1 is 1.41 bits per heavy atom. The second-order valence-electron chi connectivity index (χ2n) is 4.22. The van der Waals surface area contributed by atoms with Crippen LogP contribution in [0.25, 0.3) is 0 Å². The number of rotatable bonds is 3. The molecule has 1 aromatic carbocycles. The molecule has 0 amide bonds. The third-order valence-electron chi connectivity index (χ3n) is 3.05. The van der Waals surface area contributed by atoms with E-state index >= 15 is 0 Å². The number of hydrogen-bond acceptors (Lipinski definition) is 3. The number of hydrogen-bond donors (Lipinski definition) is 0. The van der Waals surface area contributed by atoms with Gasteiger partial charge in [0.2, 0.25) is 0 Å². The summed E-state index contributed by atoms with van der Waals surface area (Å²) in [5.41, 5.74) is 1.14. The highest BCUT2D eigenvalue weighted by atomic mass is 127. The van der Waals surface area contributed by atoms with Gasteiger partial charge >= 0.3 is 5.97 Å². The summed E-state index contributed by atoms with van der Waals surface area (Å²) in [7, 11) is 1.65. The molecule has 0 aromatic heterocycles. The van der Waals surface area contributed by atoms with Crippen LogP contribution in [0.4, 0.5) is 0 Å². The van der Waals surface area contributed by atoms with Gasteiger partial charge in [-0.15, -0.1) is 0 Å². The molecule has 1 aliphatic rings. The number of halogens is 1. The third-order valence-corrected chi connectivity index (χ3v) is 3.76. The molecule has 1 aliphatic heterocycles. The van der Waals surface area contributed by atoms with E-state index in [0.717, 1.165) is 11.3 Å². The summed E-state index contributed by atoms with van der Waals surface area (Å²) in [6, 6.07) is 7.87. The summed E-state index contributed by atoms with van der Waals surface area (Å²) in [6.07, 6.45) is 0.459. The van der Waals surface area contributed by atoms with Crippen LogP contribution in [0.5, 0.6) is 5.75 Å². The van der Waals surface area contributed by atoms with E-state index in [1.54, 1.807) is 7.11 Å². The minimum Gasteiger partial charge on any atom is -0.497 e. The van der Waals surface area contributed by atoms with Gasteiger partial charge in [-0.25, -0.2) is 0 Å². The molecule has 1 aromatic rings. The van der Waals surface area contributed by atoms with E-state index in [4.69, 9.17) is 9.47 Å². The highest BCUT2D eigenvalue weighted by molar-refractivity contribution is 14.1. The van der Waals surface area contributed by atoms with Gasteiger partial charge in [0.05, 0.1) is 13.5 Å². The van der Waals surface area contributed by atoms with Crippen LogP contribution in [0.15, 0.2) is 24.3 Å². The van der Waals surface area contributed by atoms with Gasteiger partial charge < -0.3 is 9.47 Å². The summed E-state index contributed by atoms with van der Waals surface area (Å²) >= 11 is 2.31. The second-order valence-corrected chi connectivity index (χ2v) is 6.18. The summed E-state index contributed by atoms with van der Waals surface area (Å²) in [4.78, 5) is 11.4. The van der Waals surface area contributed by atoms with Crippen LogP contribution in [-0.2, 0) is 9.53 Å². The Morgan fingerprint density at radius 2 is 2.06 bits per heavy atom. The average Bonchev–Trinajstić information content (AvgIpc) is 2.72. The van der Waals surface area contributed by atoms with Crippen molar-refractivity contribution in [1.29, 1.82) is 0 Å². The van der Waals surface area contributed by atoms with Crippen LogP contribution in [-0.4, -0.2) is 23.1 Å². The normalized spacial score (nSPS) is 25.5. The van der Waals surface area contributed by atoms with Crippen LogP contribution in [0.1, 0.15) is 24.8 Å². The lowest BCUT2D eigenvalue weighted by atomic mass is 9.91. The zero-order valence-electron chi connectivity index (χ0n) is 9.85. The molecule has 1 unspecified atom stereocenters. The lowest BCUT2D eigenvalue weighted by molar-refractivity contribution is -0.141. The molecule has 0 spiro atoms. The largest absolute Gasteiger partial charge is 0.497 e. The van der Waals surface area contributed by atoms with Crippen molar-refractivity contribution in [1.82, 2.24) is 0 Å². The van der Waals surface area contributed by atoms with Gasteiger partial charge in [0, 0.05) is 9.84 Å². The Balaban J connectivity index is 2.22. The molecule has 1 saturated heterocycles. The highest BCUT2D eigenvalue weighted by Crippen LogP contribution is 2.36. The summed E-state index contributed by atoms with van der Waals surface area (Å²) < 4.78 is 10.8. The second kappa shape index (κ2) is 5.25. The molecular weight excluding hydrogens is 331 g/mol. The van der Waals surface area contributed by atoms with Crippen LogP contribution in [0.3, 0.4) is 0 Å². The van der Waals surface area contributed by atoms with Gasteiger partial charge in [0.15, 0.2) is 0 Å². The number of cyclic esters (lactones) is 1. The van der Waals surface area contributed by atoms with E-state index in [9.17, 15) is 4.79 Å². The zero-order valence-corrected chi connectivity index (χ0v) is 12.0. The quantitative estimate of drug-likeness (QED) is 0.480. The minimum atomic E-state index is -0.0978. The molecule has 3 nitrogen and oxygen atoms in total. The predicted octanol–water partition coefficient (Wildman–Crippen LogP) is 2.92. The third kappa shape index (κ3) is 2.73. The van der Waals surface area contributed by atoms with Crippen molar-refractivity contribution >= 4 is 28.6 Å². The van der Waals surface area contributed by atoms with Gasteiger partial charge in [0.1, 0.15) is 11.9 Å². The molecule has 1 heterocycles. The number of carbonyl (C=O) groups is 1. The van der Waals surface area contributed by atoms with Gasteiger partial charge in [-0.2, -0.15) is 0 Å². The molecule has 2 rings (SSSR count). The Labute approximate surface area is 115 Å². The van der Waals surface area contributed by atoms with Crippen LogP contribution >= 0.6 is 22.6 Å². The lowest BCUT2D eigenvalue weighted by Crippen LogP contribution is -2.23. The minimum absolute atomic E-state index is 0.0171. The molecule has 0 N–H and O–H groups in total. The first-order valence-electron chi connectivity index (χ1n) is 5.59. The van der Waals surface area contributed by atoms with Gasteiger partial charge in [-0.3, -0.25) is 4.79 Å². The van der Waals surface area contributed by atoms with Gasteiger partial charge in [-0.05, 0) is 24.6 Å². The zero-order chi connectivity index (χ0) is 12.4. The fraction of sp³-hybridized carbons (Fsp3) is 0.462. The smallest absolute Gasteiger partial charge is 0.306 e. The fourth-order valence-electron chi connectivity index (χ4n) is 2.15. The number of methoxy groups -OCH3 is 1. The van der Waals surface area contributed by atoms with Crippen molar-refractivity contribution in [2.24, 2.45) is 0 Å². The number of benzene rings is 1. The van der Waals surface area contributed by atoms with Crippen LogP contribution < -0.4 is 4.74 Å².